The predicted molar refractivity (Wildman–Crippen MR) is 525 cm³/mol. The number of carbonyl (C=O) groups excluding carboxylic acids is 2. The SMILES string of the molecule is Cc1cc(S(=O)(=O)NC2CC2)ccc1-c1ccc(C[C@H](NC(=O)C2CCC(CNC(=O)O)CC2)C(=O)Nc2ccc3c(=O)[nH][nH]c3c2)cc1.[Pd].c1ccc(P(c2ccccc2)c2ccccc2)cc1.c1ccc(P(c2ccccc2)c2ccccc2)cc1.c1ccc(P(c2ccccc2)c2ccccc2)cc1.c1ccc(P(c2ccccc2)c2ccccc2)cc1. The molecule has 18 rings (SSSR count). The Labute approximate surface area is 757 Å². The zero-order valence-corrected chi connectivity index (χ0v) is 75.7. The van der Waals surface area contributed by atoms with E-state index < -0.39 is 59.8 Å². The Morgan fingerprint density at radius 1 is 0.397 bits per heavy atom. The van der Waals surface area contributed by atoms with Crippen molar-refractivity contribution in [3.63, 3.8) is 0 Å². The Bertz CT molecular complexity index is 5360. The van der Waals surface area contributed by atoms with E-state index in [1.54, 1.807) is 36.4 Å². The van der Waals surface area contributed by atoms with Gasteiger partial charge in [-0.05, 0) is 199 Å². The minimum absolute atomic E-state index is 0. The van der Waals surface area contributed by atoms with Crippen LogP contribution < -0.4 is 89.9 Å². The third-order valence-corrected chi connectivity index (χ3v) is 32.8. The molecule has 2 saturated carbocycles. The molecule has 2 aliphatic carbocycles. The summed E-state index contributed by atoms with van der Waals surface area (Å²) in [4.78, 5) is 50.2. The van der Waals surface area contributed by atoms with Crippen LogP contribution in [0.2, 0.25) is 0 Å². The molecule has 636 valence electrons. The van der Waals surface area contributed by atoms with Crippen LogP contribution in [0.5, 0.6) is 0 Å². The number of aryl methyl sites for hydroxylation is 1. The van der Waals surface area contributed by atoms with Gasteiger partial charge in [-0.3, -0.25) is 24.6 Å². The number of sulfonamides is 1. The van der Waals surface area contributed by atoms with Gasteiger partial charge in [-0.1, -0.05) is 394 Å². The number of amides is 3. The van der Waals surface area contributed by atoms with E-state index in [4.69, 9.17) is 5.11 Å². The van der Waals surface area contributed by atoms with Crippen molar-refractivity contribution in [1.82, 2.24) is 25.6 Å². The second-order valence-corrected chi connectivity index (χ2v) is 41.0. The maximum atomic E-state index is 13.7. The quantitative estimate of drug-likeness (QED) is 0.0230. The number of carboxylic acid groups (broad SMARTS) is 1. The van der Waals surface area contributed by atoms with Crippen LogP contribution in [0.4, 0.5) is 10.5 Å². The molecule has 0 radical (unpaired) electrons. The average molecular weight is 1840 g/mol. The second-order valence-electron chi connectivity index (χ2n) is 30.4. The minimum Gasteiger partial charge on any atom is -0.465 e. The largest absolute Gasteiger partial charge is 0.465 e. The van der Waals surface area contributed by atoms with Gasteiger partial charge in [-0.2, -0.15) is 0 Å². The molecule has 3 amide bonds. The Morgan fingerprint density at radius 3 is 1.02 bits per heavy atom. The van der Waals surface area contributed by atoms with E-state index in [1.807, 2.05) is 31.2 Å². The van der Waals surface area contributed by atoms with E-state index in [-0.39, 0.29) is 61.1 Å². The van der Waals surface area contributed by atoms with Crippen molar-refractivity contribution in [2.24, 2.45) is 11.8 Å². The number of rotatable bonds is 24. The number of H-pyrrole nitrogens is 2. The third-order valence-electron chi connectivity index (χ3n) is 21.5. The molecule has 2 aliphatic rings. The smallest absolute Gasteiger partial charge is 0.404 e. The van der Waals surface area contributed by atoms with E-state index in [1.165, 1.54) is 63.7 Å². The van der Waals surface area contributed by atoms with Gasteiger partial charge in [0, 0.05) is 51.0 Å². The zero-order chi connectivity index (χ0) is 86.4. The van der Waals surface area contributed by atoms with Crippen LogP contribution in [-0.2, 0) is 46.5 Å². The van der Waals surface area contributed by atoms with Gasteiger partial charge in [-0.25, -0.2) is 17.9 Å². The molecule has 16 aromatic rings. The standard InChI is InChI=1S/C35H40N6O7S.4C18H15P.Pd/c1-20-16-27(49(47,48)41-25-10-11-25)13-15-28(20)23-6-2-21(3-7-23)17-31(34(44)37-26-12-14-29-30(18-26)39-40-33(29)43)38-32(42)24-8-4-22(5-9-24)19-36-35(45)46;4*1-4-10-16(11-5-1)19(17-12-6-2-7-13-17)18-14-8-3-9-15-18;/h2-3,6-7,12-16,18,22,24-25,31,36,41H,4-5,8-11,17,19H2,1H3,(H,37,44)(H,38,42)(H,45,46)(H2,39,40,43);4*1-15H;/t22?,24?,31-;;;;;/m0...../s1. The van der Waals surface area contributed by atoms with E-state index in [9.17, 15) is 27.6 Å². The van der Waals surface area contributed by atoms with Gasteiger partial charge in [0.2, 0.25) is 21.8 Å². The van der Waals surface area contributed by atoms with Gasteiger partial charge in [-0.15, -0.1) is 0 Å². The Morgan fingerprint density at radius 2 is 0.722 bits per heavy atom. The first kappa shape index (κ1) is 91.8. The number of anilines is 1. The van der Waals surface area contributed by atoms with Crippen LogP contribution >= 0.6 is 31.7 Å². The fourth-order valence-electron chi connectivity index (χ4n) is 15.1. The molecule has 15 aromatic carbocycles. The number of benzene rings is 15. The van der Waals surface area contributed by atoms with E-state index in [0.717, 1.165) is 35.1 Å². The summed E-state index contributed by atoms with van der Waals surface area (Å²) in [6, 6.07) is 146. The van der Waals surface area contributed by atoms with Crippen LogP contribution in [-0.4, -0.2) is 60.3 Å². The summed E-state index contributed by atoms with van der Waals surface area (Å²) in [5, 5.41) is 39.7. The maximum absolute atomic E-state index is 13.7. The number of aromatic nitrogens is 2. The normalized spacial score (nSPS) is 13.6. The summed E-state index contributed by atoms with van der Waals surface area (Å²) in [5.74, 6) is -0.777. The number of fused-ring (bicyclic) bond motifs is 1. The van der Waals surface area contributed by atoms with Crippen molar-refractivity contribution in [1.29, 1.82) is 0 Å². The number of hydrogen-bond acceptors (Lipinski definition) is 6. The van der Waals surface area contributed by atoms with Crippen molar-refractivity contribution in [2.75, 3.05) is 11.9 Å². The molecule has 0 bridgehead atoms. The maximum Gasteiger partial charge on any atom is 0.404 e. The molecule has 19 heteroatoms. The molecule has 2 fully saturated rings. The molecule has 1 heterocycles. The van der Waals surface area contributed by atoms with Crippen LogP contribution in [0, 0.1) is 18.8 Å². The van der Waals surface area contributed by atoms with Crippen molar-refractivity contribution in [3.05, 3.63) is 446 Å². The number of aromatic amines is 2. The Balaban J connectivity index is 0.000000147. The molecule has 7 N–H and O–H groups in total. The third kappa shape index (κ3) is 26.1. The molecule has 126 heavy (non-hydrogen) atoms. The van der Waals surface area contributed by atoms with Gasteiger partial charge in [0.1, 0.15) is 6.04 Å². The van der Waals surface area contributed by atoms with E-state index in [2.05, 4.69) is 395 Å². The number of carbonyl (C=O) groups is 3. The van der Waals surface area contributed by atoms with Crippen molar-refractivity contribution >= 4 is 140 Å². The second kappa shape index (κ2) is 46.9. The number of hydrogen-bond donors (Lipinski definition) is 7. The number of nitrogens with one attached hydrogen (secondary N) is 6. The van der Waals surface area contributed by atoms with Gasteiger partial charge >= 0.3 is 6.09 Å². The van der Waals surface area contributed by atoms with Gasteiger partial charge < -0.3 is 21.1 Å². The monoisotopic (exact) mass is 1840 g/mol. The Kier molecular flexibility index (Phi) is 34.1. The van der Waals surface area contributed by atoms with Crippen molar-refractivity contribution in [3.8, 4) is 11.1 Å². The average Bonchev–Trinajstić information content (AvgIpc) is 0.873. The summed E-state index contributed by atoms with van der Waals surface area (Å²) in [6.07, 6.45) is 3.45. The van der Waals surface area contributed by atoms with Crippen LogP contribution in [0.25, 0.3) is 22.0 Å². The molecule has 0 saturated heterocycles. The first-order valence-electron chi connectivity index (χ1n) is 42.1. The summed E-state index contributed by atoms with van der Waals surface area (Å²) >= 11 is 0. The zero-order valence-electron chi connectivity index (χ0n) is 69.8. The van der Waals surface area contributed by atoms with Crippen molar-refractivity contribution < 1.29 is 48.3 Å². The topological polar surface area (TPSA) is 202 Å². The molecule has 0 spiro atoms. The summed E-state index contributed by atoms with van der Waals surface area (Å²) in [7, 11) is -5.35. The molecule has 1 atom stereocenters. The molecule has 1 aromatic heterocycles. The summed E-state index contributed by atoms with van der Waals surface area (Å²) in [6.45, 7) is 2.22. The molecule has 0 aliphatic heterocycles. The minimum atomic E-state index is -3.57. The van der Waals surface area contributed by atoms with Crippen LogP contribution in [0.15, 0.2) is 434 Å². The van der Waals surface area contributed by atoms with Gasteiger partial charge in [0.15, 0.2) is 0 Å². The molecule has 0 unspecified atom stereocenters. The summed E-state index contributed by atoms with van der Waals surface area (Å²) < 4.78 is 28.1. The van der Waals surface area contributed by atoms with Gasteiger partial charge in [0.05, 0.1) is 15.8 Å². The van der Waals surface area contributed by atoms with E-state index in [0.29, 0.717) is 48.8 Å². The molecular weight excluding hydrogens is 1740 g/mol. The summed E-state index contributed by atoms with van der Waals surface area (Å²) in [5.41, 5.74) is 4.11. The van der Waals surface area contributed by atoms with E-state index >= 15 is 0 Å². The Hall–Kier alpha value is -11.9. The van der Waals surface area contributed by atoms with Gasteiger partial charge in [0.25, 0.3) is 5.56 Å². The fraction of sp³-hybridized carbons (Fsp3) is 0.121. The predicted octanol–water partition coefficient (Wildman–Crippen LogP) is 17.8. The molecular formula is C107H100N6O7P4PdS. The van der Waals surface area contributed by atoms with Crippen LogP contribution in [0.1, 0.15) is 49.7 Å². The first-order chi connectivity index (χ1) is 61.2. The molecule has 13 nitrogen and oxygen atoms in total. The van der Waals surface area contributed by atoms with Crippen molar-refractivity contribution in [2.45, 2.75) is 68.8 Å². The van der Waals surface area contributed by atoms with Crippen LogP contribution in [0.3, 0.4) is 0 Å². The first-order valence-corrected chi connectivity index (χ1v) is 48.9. The fourth-order valence-corrected chi connectivity index (χ4v) is 25.7.